The van der Waals surface area contributed by atoms with Crippen molar-refractivity contribution < 1.29 is 9.53 Å². The van der Waals surface area contributed by atoms with Gasteiger partial charge in [-0.25, -0.2) is 4.79 Å². The van der Waals surface area contributed by atoms with Gasteiger partial charge in [0.05, 0.1) is 18.2 Å². The van der Waals surface area contributed by atoms with Crippen molar-refractivity contribution in [2.75, 3.05) is 18.6 Å². The average molecular weight is 288 g/mol. The molecular formula is C17H24N2O2. The molecule has 3 rings (SSSR count). The second-order valence-electron chi connectivity index (χ2n) is 6.44. The summed E-state index contributed by atoms with van der Waals surface area (Å²) in [4.78, 5) is 16.9. The summed E-state index contributed by atoms with van der Waals surface area (Å²) < 4.78 is 5.65. The summed E-state index contributed by atoms with van der Waals surface area (Å²) in [7, 11) is 1.76. The van der Waals surface area contributed by atoms with Gasteiger partial charge in [-0.3, -0.25) is 4.90 Å². The van der Waals surface area contributed by atoms with Crippen LogP contribution in [0.2, 0.25) is 0 Å². The first-order valence-corrected chi connectivity index (χ1v) is 7.81. The van der Waals surface area contributed by atoms with Crippen molar-refractivity contribution in [3.05, 3.63) is 30.3 Å². The molecule has 3 atom stereocenters. The minimum absolute atomic E-state index is 0.131. The number of fused-ring (bicyclic) bond motifs is 1. The molecule has 2 amide bonds. The summed E-state index contributed by atoms with van der Waals surface area (Å²) in [5, 5.41) is 0. The van der Waals surface area contributed by atoms with Gasteiger partial charge < -0.3 is 9.64 Å². The molecule has 2 aliphatic rings. The van der Waals surface area contributed by atoms with Crippen LogP contribution in [0.25, 0.3) is 0 Å². The summed E-state index contributed by atoms with van der Waals surface area (Å²) in [5.41, 5.74) is 1.00. The van der Waals surface area contributed by atoms with Gasteiger partial charge in [0.25, 0.3) is 0 Å². The Hall–Kier alpha value is -1.55. The number of carbonyl (C=O) groups is 1. The smallest absolute Gasteiger partial charge is 0.325 e. The molecule has 0 radical (unpaired) electrons. The van der Waals surface area contributed by atoms with Gasteiger partial charge in [-0.05, 0) is 30.9 Å². The first kappa shape index (κ1) is 14.4. The first-order valence-electron chi connectivity index (χ1n) is 7.81. The molecule has 0 aromatic heterocycles. The van der Waals surface area contributed by atoms with Crippen LogP contribution in [0.3, 0.4) is 0 Å². The van der Waals surface area contributed by atoms with Crippen molar-refractivity contribution in [1.82, 2.24) is 4.90 Å². The van der Waals surface area contributed by atoms with Gasteiger partial charge in [-0.2, -0.15) is 0 Å². The summed E-state index contributed by atoms with van der Waals surface area (Å²) in [6.07, 6.45) is 2.20. The van der Waals surface area contributed by atoms with Crippen molar-refractivity contribution in [3.63, 3.8) is 0 Å². The lowest BCUT2D eigenvalue weighted by molar-refractivity contribution is 0.0516. The van der Waals surface area contributed by atoms with Crippen LogP contribution in [-0.4, -0.2) is 42.8 Å². The van der Waals surface area contributed by atoms with Crippen molar-refractivity contribution in [3.8, 4) is 0 Å². The van der Waals surface area contributed by atoms with Gasteiger partial charge in [0.15, 0.2) is 0 Å². The van der Waals surface area contributed by atoms with Crippen molar-refractivity contribution in [2.24, 2.45) is 5.92 Å². The van der Waals surface area contributed by atoms with Crippen molar-refractivity contribution >= 4 is 11.7 Å². The molecule has 4 heteroatoms. The third-order valence-electron chi connectivity index (χ3n) is 4.56. The number of amides is 2. The molecule has 114 valence electrons. The third-order valence-corrected chi connectivity index (χ3v) is 4.56. The molecule has 1 saturated carbocycles. The molecule has 0 bridgehead atoms. The Balaban J connectivity index is 1.94. The molecule has 1 aromatic carbocycles. The maximum absolute atomic E-state index is 12.9. The van der Waals surface area contributed by atoms with Crippen molar-refractivity contribution in [2.45, 2.75) is 44.9 Å². The van der Waals surface area contributed by atoms with E-state index in [0.29, 0.717) is 5.92 Å². The zero-order chi connectivity index (χ0) is 15.0. The van der Waals surface area contributed by atoms with E-state index in [4.69, 9.17) is 4.74 Å². The van der Waals surface area contributed by atoms with Crippen LogP contribution in [0, 0.1) is 5.92 Å². The Morgan fingerprint density at radius 2 is 1.95 bits per heavy atom. The number of anilines is 1. The topological polar surface area (TPSA) is 32.8 Å². The molecule has 1 saturated heterocycles. The van der Waals surface area contributed by atoms with E-state index in [1.807, 2.05) is 40.1 Å². The minimum atomic E-state index is 0.131. The molecule has 2 fully saturated rings. The summed E-state index contributed by atoms with van der Waals surface area (Å²) in [5.74, 6) is 0.462. The van der Waals surface area contributed by atoms with E-state index in [-0.39, 0.29) is 24.2 Å². The van der Waals surface area contributed by atoms with Crippen LogP contribution in [0.15, 0.2) is 30.3 Å². The van der Waals surface area contributed by atoms with E-state index >= 15 is 0 Å². The Bertz CT molecular complexity index is 503. The van der Waals surface area contributed by atoms with Crippen molar-refractivity contribution in [1.29, 1.82) is 0 Å². The van der Waals surface area contributed by atoms with Gasteiger partial charge in [-0.15, -0.1) is 0 Å². The predicted octanol–water partition coefficient (Wildman–Crippen LogP) is 3.13. The van der Waals surface area contributed by atoms with E-state index in [2.05, 4.69) is 13.8 Å². The van der Waals surface area contributed by atoms with Gasteiger partial charge in [0.1, 0.15) is 0 Å². The molecule has 0 spiro atoms. The van der Waals surface area contributed by atoms with Crippen LogP contribution in [-0.2, 0) is 4.74 Å². The quantitative estimate of drug-likeness (QED) is 0.852. The lowest BCUT2D eigenvalue weighted by Crippen LogP contribution is -2.43. The van der Waals surface area contributed by atoms with E-state index < -0.39 is 0 Å². The van der Waals surface area contributed by atoms with Crippen LogP contribution in [0.5, 0.6) is 0 Å². The molecule has 1 aromatic rings. The number of benzene rings is 1. The highest BCUT2D eigenvalue weighted by Crippen LogP contribution is 2.39. The number of urea groups is 1. The van der Waals surface area contributed by atoms with E-state index in [0.717, 1.165) is 25.1 Å². The molecule has 1 aliphatic carbocycles. The Kier molecular flexibility index (Phi) is 3.89. The fourth-order valence-electron chi connectivity index (χ4n) is 3.76. The normalized spacial score (nSPS) is 28.6. The highest BCUT2D eigenvalue weighted by atomic mass is 16.5. The number of para-hydroxylation sites is 1. The maximum atomic E-state index is 12.9. The number of carbonyl (C=O) groups excluding carboxylic acids is 1. The second kappa shape index (κ2) is 5.68. The second-order valence-corrected chi connectivity index (χ2v) is 6.44. The SMILES string of the molecule is CO[C@H]1CC[C@H]2[C@@H]1N(CC(C)C)C(=O)N2c1ccccc1. The van der Waals surface area contributed by atoms with Crippen LogP contribution < -0.4 is 4.90 Å². The molecule has 1 aliphatic heterocycles. The number of ether oxygens (including phenoxy) is 1. The summed E-state index contributed by atoms with van der Waals surface area (Å²) >= 11 is 0. The lowest BCUT2D eigenvalue weighted by atomic mass is 10.1. The fraction of sp³-hybridized carbons (Fsp3) is 0.588. The summed E-state index contributed by atoms with van der Waals surface area (Å²) in [6, 6.07) is 10.6. The monoisotopic (exact) mass is 288 g/mol. The number of hydrogen-bond donors (Lipinski definition) is 0. The van der Waals surface area contributed by atoms with E-state index in [1.165, 1.54) is 0 Å². The lowest BCUT2D eigenvalue weighted by Gasteiger charge is -2.28. The molecule has 1 heterocycles. The third kappa shape index (κ3) is 2.42. The Labute approximate surface area is 126 Å². The first-order chi connectivity index (χ1) is 10.1. The zero-order valence-electron chi connectivity index (χ0n) is 13.0. The molecule has 0 N–H and O–H groups in total. The predicted molar refractivity (Wildman–Crippen MR) is 83.5 cm³/mol. The van der Waals surface area contributed by atoms with Crippen LogP contribution in [0.1, 0.15) is 26.7 Å². The number of hydrogen-bond acceptors (Lipinski definition) is 2. The zero-order valence-corrected chi connectivity index (χ0v) is 13.0. The van der Waals surface area contributed by atoms with Gasteiger partial charge in [-0.1, -0.05) is 32.0 Å². The molecular weight excluding hydrogens is 264 g/mol. The largest absolute Gasteiger partial charge is 0.379 e. The summed E-state index contributed by atoms with van der Waals surface area (Å²) in [6.45, 7) is 5.11. The molecule has 21 heavy (non-hydrogen) atoms. The maximum Gasteiger partial charge on any atom is 0.325 e. The van der Waals surface area contributed by atoms with E-state index in [9.17, 15) is 4.79 Å². The molecule has 0 unspecified atom stereocenters. The van der Waals surface area contributed by atoms with Gasteiger partial charge in [0.2, 0.25) is 0 Å². The Morgan fingerprint density at radius 1 is 1.24 bits per heavy atom. The van der Waals surface area contributed by atoms with Crippen LogP contribution >= 0.6 is 0 Å². The minimum Gasteiger partial charge on any atom is -0.379 e. The average Bonchev–Trinajstić information content (AvgIpc) is 2.99. The highest BCUT2D eigenvalue weighted by molar-refractivity contribution is 5.96. The van der Waals surface area contributed by atoms with Crippen LogP contribution in [0.4, 0.5) is 10.5 Å². The number of nitrogens with zero attached hydrogens (tertiary/aromatic N) is 2. The number of rotatable bonds is 4. The Morgan fingerprint density at radius 3 is 2.57 bits per heavy atom. The molecule has 4 nitrogen and oxygen atoms in total. The standard InChI is InChI=1S/C17H24N2O2/c1-12(2)11-18-16-14(9-10-15(16)21-3)19(17(18)20)13-7-5-4-6-8-13/h4-8,12,14-16H,9-11H2,1-3H3/t14-,15-,16-/m0/s1. The highest BCUT2D eigenvalue weighted by Gasteiger charge is 2.53. The van der Waals surface area contributed by atoms with Gasteiger partial charge in [0, 0.05) is 19.3 Å². The van der Waals surface area contributed by atoms with E-state index in [1.54, 1.807) is 7.11 Å². The van der Waals surface area contributed by atoms with Gasteiger partial charge >= 0.3 is 6.03 Å². The fourth-order valence-corrected chi connectivity index (χ4v) is 3.76. The number of methoxy groups -OCH3 is 1.